The maximum absolute atomic E-state index is 6.19. The first kappa shape index (κ1) is 14.9. The summed E-state index contributed by atoms with van der Waals surface area (Å²) in [6.45, 7) is 6.32. The minimum Gasteiger partial charge on any atom is -0.488 e. The van der Waals surface area contributed by atoms with Gasteiger partial charge >= 0.3 is 0 Å². The monoisotopic (exact) mass is 293 g/mol. The zero-order valence-electron chi connectivity index (χ0n) is 12.3. The number of halogens is 1. The molecule has 2 rings (SSSR count). The van der Waals surface area contributed by atoms with E-state index in [-0.39, 0.29) is 6.04 Å². The van der Waals surface area contributed by atoms with Gasteiger partial charge in [-0.1, -0.05) is 23.7 Å². The van der Waals surface area contributed by atoms with Gasteiger partial charge in [0.05, 0.1) is 5.69 Å². The molecule has 0 saturated heterocycles. The van der Waals surface area contributed by atoms with Gasteiger partial charge in [-0.15, -0.1) is 0 Å². The lowest BCUT2D eigenvalue weighted by Gasteiger charge is -2.12. The molecule has 0 unspecified atom stereocenters. The Morgan fingerprint density at radius 1 is 1.40 bits per heavy atom. The molecule has 2 aromatic rings. The minimum absolute atomic E-state index is 0.0257. The molecule has 0 saturated carbocycles. The first-order valence-electron chi connectivity index (χ1n) is 6.57. The van der Waals surface area contributed by atoms with E-state index >= 15 is 0 Å². The van der Waals surface area contributed by atoms with Crippen LogP contribution in [-0.4, -0.2) is 9.78 Å². The lowest BCUT2D eigenvalue weighted by Crippen LogP contribution is -2.05. The van der Waals surface area contributed by atoms with Crippen molar-refractivity contribution in [1.82, 2.24) is 9.78 Å². The van der Waals surface area contributed by atoms with E-state index in [0.717, 1.165) is 28.1 Å². The number of ether oxygens (including phenoxy) is 1. The van der Waals surface area contributed by atoms with Crippen LogP contribution in [0.1, 0.15) is 35.3 Å². The number of nitrogens with zero attached hydrogens (tertiary/aromatic N) is 2. The summed E-state index contributed by atoms with van der Waals surface area (Å²) in [6, 6.07) is 6.02. The van der Waals surface area contributed by atoms with E-state index in [1.54, 1.807) is 4.68 Å². The van der Waals surface area contributed by atoms with Crippen molar-refractivity contribution in [2.24, 2.45) is 12.8 Å². The van der Waals surface area contributed by atoms with E-state index in [9.17, 15) is 0 Å². The average molecular weight is 294 g/mol. The quantitative estimate of drug-likeness (QED) is 0.941. The molecule has 5 heteroatoms. The molecule has 0 aliphatic heterocycles. The summed E-state index contributed by atoms with van der Waals surface area (Å²) < 4.78 is 7.51. The molecule has 1 aromatic heterocycles. The van der Waals surface area contributed by atoms with Crippen molar-refractivity contribution in [3.05, 3.63) is 45.7 Å². The van der Waals surface area contributed by atoms with Crippen LogP contribution >= 0.6 is 11.6 Å². The van der Waals surface area contributed by atoms with Crippen molar-refractivity contribution in [2.75, 3.05) is 0 Å². The predicted octanol–water partition coefficient (Wildman–Crippen LogP) is 3.29. The lowest BCUT2D eigenvalue weighted by molar-refractivity contribution is 0.303. The Kier molecular flexibility index (Phi) is 4.35. The van der Waals surface area contributed by atoms with Crippen LogP contribution in [0.5, 0.6) is 5.75 Å². The van der Waals surface area contributed by atoms with Crippen LogP contribution < -0.4 is 10.5 Å². The van der Waals surface area contributed by atoms with Gasteiger partial charge in [0.25, 0.3) is 0 Å². The molecule has 2 N–H and O–H groups in total. The Hall–Kier alpha value is -1.52. The standard InChI is InChI=1S/C15H20ClN3O/c1-9-7-12(10(2)17)5-6-14(9)20-8-13-11(3)18-19(4)15(13)16/h5-7,10H,8,17H2,1-4H3/t10-/m0/s1. The number of aryl methyl sites for hydroxylation is 3. The highest BCUT2D eigenvalue weighted by Gasteiger charge is 2.12. The second-order valence-corrected chi connectivity index (χ2v) is 5.44. The first-order valence-corrected chi connectivity index (χ1v) is 6.95. The predicted molar refractivity (Wildman–Crippen MR) is 81.1 cm³/mol. The van der Waals surface area contributed by atoms with Crippen LogP contribution in [0.4, 0.5) is 0 Å². The fraction of sp³-hybridized carbons (Fsp3) is 0.400. The van der Waals surface area contributed by atoms with Gasteiger partial charge in [0.15, 0.2) is 0 Å². The van der Waals surface area contributed by atoms with Gasteiger partial charge < -0.3 is 10.5 Å². The van der Waals surface area contributed by atoms with Crippen molar-refractivity contribution >= 4 is 11.6 Å². The normalized spacial score (nSPS) is 12.5. The van der Waals surface area contributed by atoms with Crippen LogP contribution in [0.15, 0.2) is 18.2 Å². The molecule has 20 heavy (non-hydrogen) atoms. The summed E-state index contributed by atoms with van der Waals surface area (Å²) >= 11 is 6.19. The van der Waals surface area contributed by atoms with Crippen LogP contribution in [0.25, 0.3) is 0 Å². The van der Waals surface area contributed by atoms with Gasteiger partial charge in [0.2, 0.25) is 0 Å². The number of nitrogens with two attached hydrogens (primary N) is 1. The van der Waals surface area contributed by atoms with Crippen LogP contribution in [0.2, 0.25) is 5.15 Å². The highest BCUT2D eigenvalue weighted by molar-refractivity contribution is 6.30. The van der Waals surface area contributed by atoms with Crippen molar-refractivity contribution < 1.29 is 4.74 Å². The molecule has 1 atom stereocenters. The summed E-state index contributed by atoms with van der Waals surface area (Å²) in [5.74, 6) is 0.841. The SMILES string of the molecule is Cc1cc([C@H](C)N)ccc1OCc1c(C)nn(C)c1Cl. The summed E-state index contributed by atoms with van der Waals surface area (Å²) in [4.78, 5) is 0. The zero-order valence-corrected chi connectivity index (χ0v) is 13.0. The van der Waals surface area contributed by atoms with Gasteiger partial charge in [0.1, 0.15) is 17.5 Å². The maximum atomic E-state index is 6.19. The average Bonchev–Trinajstić information content (AvgIpc) is 2.62. The molecule has 1 heterocycles. The molecule has 4 nitrogen and oxygen atoms in total. The lowest BCUT2D eigenvalue weighted by atomic mass is 10.1. The number of benzene rings is 1. The van der Waals surface area contributed by atoms with E-state index in [4.69, 9.17) is 22.1 Å². The molecular weight excluding hydrogens is 274 g/mol. The molecule has 0 amide bonds. The minimum atomic E-state index is 0.0257. The largest absolute Gasteiger partial charge is 0.488 e. The molecule has 0 fully saturated rings. The van der Waals surface area contributed by atoms with Gasteiger partial charge in [0, 0.05) is 18.7 Å². The Balaban J connectivity index is 2.15. The Bertz CT molecular complexity index is 620. The van der Waals surface area contributed by atoms with Crippen molar-refractivity contribution in [1.29, 1.82) is 0 Å². The zero-order chi connectivity index (χ0) is 14.9. The molecule has 0 bridgehead atoms. The van der Waals surface area contributed by atoms with Gasteiger partial charge in [-0.2, -0.15) is 5.10 Å². The molecule has 0 aliphatic rings. The highest BCUT2D eigenvalue weighted by atomic mass is 35.5. The number of aromatic nitrogens is 2. The molecule has 0 radical (unpaired) electrons. The molecule has 1 aromatic carbocycles. The number of hydrogen-bond acceptors (Lipinski definition) is 3. The fourth-order valence-electron chi connectivity index (χ4n) is 2.11. The third-order valence-electron chi connectivity index (χ3n) is 3.37. The van der Waals surface area contributed by atoms with E-state index in [1.165, 1.54) is 0 Å². The second kappa shape index (κ2) is 5.85. The molecule has 0 spiro atoms. The second-order valence-electron chi connectivity index (χ2n) is 5.08. The Morgan fingerprint density at radius 3 is 2.60 bits per heavy atom. The maximum Gasteiger partial charge on any atom is 0.133 e. The van der Waals surface area contributed by atoms with Crippen LogP contribution in [0, 0.1) is 13.8 Å². The van der Waals surface area contributed by atoms with Gasteiger partial charge in [-0.05, 0) is 38.0 Å². The van der Waals surface area contributed by atoms with Gasteiger partial charge in [-0.25, -0.2) is 0 Å². The number of hydrogen-bond donors (Lipinski definition) is 1. The summed E-state index contributed by atoms with van der Waals surface area (Å²) in [6.07, 6.45) is 0. The van der Waals surface area contributed by atoms with E-state index in [0.29, 0.717) is 11.8 Å². The van der Waals surface area contributed by atoms with Crippen LogP contribution in [-0.2, 0) is 13.7 Å². The Labute approximate surface area is 124 Å². The van der Waals surface area contributed by atoms with Crippen LogP contribution in [0.3, 0.4) is 0 Å². The van der Waals surface area contributed by atoms with E-state index in [2.05, 4.69) is 11.2 Å². The molecule has 0 aliphatic carbocycles. The Morgan fingerprint density at radius 2 is 2.10 bits per heavy atom. The van der Waals surface area contributed by atoms with E-state index in [1.807, 2.05) is 40.0 Å². The van der Waals surface area contributed by atoms with Gasteiger partial charge in [-0.3, -0.25) is 4.68 Å². The topological polar surface area (TPSA) is 53.1 Å². The molecule has 108 valence electrons. The molecular formula is C15H20ClN3O. The summed E-state index contributed by atoms with van der Waals surface area (Å²) in [7, 11) is 1.82. The van der Waals surface area contributed by atoms with Crippen molar-refractivity contribution in [3.63, 3.8) is 0 Å². The third-order valence-corrected chi connectivity index (χ3v) is 3.84. The van der Waals surface area contributed by atoms with Crippen molar-refractivity contribution in [3.8, 4) is 5.75 Å². The smallest absolute Gasteiger partial charge is 0.133 e. The third kappa shape index (κ3) is 2.97. The summed E-state index contributed by atoms with van der Waals surface area (Å²) in [5, 5.41) is 4.89. The fourth-order valence-corrected chi connectivity index (χ4v) is 2.33. The highest BCUT2D eigenvalue weighted by Crippen LogP contribution is 2.25. The first-order chi connectivity index (χ1) is 9.40. The number of rotatable bonds is 4. The summed E-state index contributed by atoms with van der Waals surface area (Å²) in [5.41, 5.74) is 9.85. The van der Waals surface area contributed by atoms with E-state index < -0.39 is 0 Å². The van der Waals surface area contributed by atoms with Crippen molar-refractivity contribution in [2.45, 2.75) is 33.4 Å².